The summed E-state index contributed by atoms with van der Waals surface area (Å²) in [5.41, 5.74) is 0. The highest BCUT2D eigenvalue weighted by molar-refractivity contribution is 6.47. The largest absolute Gasteiger partial charge is 0.504 e. The van der Waals surface area contributed by atoms with Crippen LogP contribution in [0.4, 0.5) is 0 Å². The molecule has 0 unspecified atom stereocenters. The topological polar surface area (TPSA) is 101 Å². The number of rotatable bonds is 1. The van der Waals surface area contributed by atoms with E-state index in [1.165, 1.54) is 0 Å². The van der Waals surface area contributed by atoms with Gasteiger partial charge in [-0.15, -0.1) is 0 Å². The van der Waals surface area contributed by atoms with Gasteiger partial charge in [0.25, 0.3) is 9.76 Å². The molecular weight excluding hydrogens is 180 g/mol. The van der Waals surface area contributed by atoms with E-state index in [2.05, 4.69) is 0 Å². The maximum absolute atomic E-state index is 9.03. The SMILES string of the molecule is O[Si]c1cc(O)c(O)c(O)c1O. The van der Waals surface area contributed by atoms with Crippen LogP contribution in [0.5, 0.6) is 23.0 Å². The quantitative estimate of drug-likeness (QED) is 0.214. The van der Waals surface area contributed by atoms with Crippen LogP contribution < -0.4 is 5.19 Å². The molecule has 0 fully saturated rings. The summed E-state index contributed by atoms with van der Waals surface area (Å²) in [5, 5.41) is 35.7. The minimum absolute atomic E-state index is 0.0252. The Hall–Kier alpha value is -1.40. The second kappa shape index (κ2) is 2.92. The summed E-state index contributed by atoms with van der Waals surface area (Å²) < 4.78 is 0. The molecule has 6 heteroatoms. The van der Waals surface area contributed by atoms with Gasteiger partial charge in [-0.2, -0.15) is 0 Å². The van der Waals surface area contributed by atoms with E-state index in [-0.39, 0.29) is 5.19 Å². The number of benzene rings is 1. The molecule has 0 saturated carbocycles. The Bertz CT molecular complexity index is 311. The third kappa shape index (κ3) is 1.17. The van der Waals surface area contributed by atoms with E-state index in [1.807, 2.05) is 0 Å². The van der Waals surface area contributed by atoms with E-state index >= 15 is 0 Å². The molecule has 0 atom stereocenters. The lowest BCUT2D eigenvalue weighted by molar-refractivity contribution is 0.347. The van der Waals surface area contributed by atoms with Gasteiger partial charge in [-0.25, -0.2) is 0 Å². The molecule has 5 N–H and O–H groups in total. The molecule has 1 aromatic carbocycles. The summed E-state index contributed by atoms with van der Waals surface area (Å²) in [4.78, 5) is 8.62. The first kappa shape index (κ1) is 8.69. The molecule has 0 aliphatic rings. The molecule has 64 valence electrons. The maximum atomic E-state index is 9.03. The van der Waals surface area contributed by atoms with Crippen molar-refractivity contribution < 1.29 is 25.2 Å². The first-order valence-electron chi connectivity index (χ1n) is 2.95. The van der Waals surface area contributed by atoms with Crippen LogP contribution >= 0.6 is 0 Å². The molecule has 2 radical (unpaired) electrons. The summed E-state index contributed by atoms with van der Waals surface area (Å²) in [6, 6.07) is 0.975. The minimum Gasteiger partial charge on any atom is -0.504 e. The smallest absolute Gasteiger partial charge is 0.269 e. The number of hydrogen-bond donors (Lipinski definition) is 5. The lowest BCUT2D eigenvalue weighted by Gasteiger charge is -2.05. The standard InChI is InChI=1S/C6H6O5Si/c7-2-1-3(12-11)5(9)6(10)4(2)8/h1,7-11H. The summed E-state index contributed by atoms with van der Waals surface area (Å²) in [6.45, 7) is 0. The molecule has 0 bridgehead atoms. The van der Waals surface area contributed by atoms with Crippen molar-refractivity contribution in [2.75, 3.05) is 0 Å². The Balaban J connectivity index is 3.39. The van der Waals surface area contributed by atoms with Crippen molar-refractivity contribution in [3.05, 3.63) is 6.07 Å². The van der Waals surface area contributed by atoms with Gasteiger partial charge in [0.05, 0.1) is 0 Å². The van der Waals surface area contributed by atoms with Gasteiger partial charge in [0, 0.05) is 5.19 Å². The highest BCUT2D eigenvalue weighted by Crippen LogP contribution is 2.39. The molecule has 0 aliphatic heterocycles. The Morgan fingerprint density at radius 2 is 1.50 bits per heavy atom. The number of hydrogen-bond acceptors (Lipinski definition) is 5. The van der Waals surface area contributed by atoms with Crippen LogP contribution in [-0.4, -0.2) is 35.0 Å². The average molecular weight is 186 g/mol. The van der Waals surface area contributed by atoms with Gasteiger partial charge in [-0.1, -0.05) is 0 Å². The number of aromatic hydroxyl groups is 4. The fourth-order valence-electron chi connectivity index (χ4n) is 0.720. The van der Waals surface area contributed by atoms with Crippen LogP contribution in [0.2, 0.25) is 0 Å². The van der Waals surface area contributed by atoms with Gasteiger partial charge in [0.2, 0.25) is 11.5 Å². The minimum atomic E-state index is -0.827. The molecule has 0 saturated heterocycles. The molecular formula is C6H6O5Si. The summed E-state index contributed by atoms with van der Waals surface area (Å²) in [5.74, 6) is -2.82. The third-order valence-corrected chi connectivity index (χ3v) is 1.97. The Morgan fingerprint density at radius 1 is 0.917 bits per heavy atom. The summed E-state index contributed by atoms with van der Waals surface area (Å²) in [7, 11) is -0.763. The van der Waals surface area contributed by atoms with Gasteiger partial charge in [-0.3, -0.25) is 0 Å². The van der Waals surface area contributed by atoms with Crippen LogP contribution in [0.25, 0.3) is 0 Å². The summed E-state index contributed by atoms with van der Waals surface area (Å²) >= 11 is 0. The van der Waals surface area contributed by atoms with Crippen molar-refractivity contribution in [3.8, 4) is 23.0 Å². The second-order valence-corrected chi connectivity index (χ2v) is 2.86. The molecule has 1 rings (SSSR count). The third-order valence-electron chi connectivity index (χ3n) is 1.35. The van der Waals surface area contributed by atoms with Gasteiger partial charge in [0.1, 0.15) is 0 Å². The number of phenols is 4. The normalized spacial score (nSPS) is 10.1. The maximum Gasteiger partial charge on any atom is 0.269 e. The Kier molecular flexibility index (Phi) is 2.11. The van der Waals surface area contributed by atoms with Gasteiger partial charge in [0.15, 0.2) is 11.5 Å². The van der Waals surface area contributed by atoms with Crippen LogP contribution in [-0.2, 0) is 0 Å². The molecule has 0 aliphatic carbocycles. The predicted molar refractivity (Wildman–Crippen MR) is 40.7 cm³/mol. The van der Waals surface area contributed by atoms with E-state index in [0.29, 0.717) is 0 Å². The van der Waals surface area contributed by atoms with E-state index in [9.17, 15) is 0 Å². The van der Waals surface area contributed by atoms with E-state index in [4.69, 9.17) is 25.2 Å². The molecule has 12 heavy (non-hydrogen) atoms. The highest BCUT2D eigenvalue weighted by atomic mass is 28.2. The van der Waals surface area contributed by atoms with Crippen LogP contribution in [0.3, 0.4) is 0 Å². The fraction of sp³-hybridized carbons (Fsp3) is 0. The van der Waals surface area contributed by atoms with E-state index in [1.54, 1.807) is 0 Å². The molecule has 0 aromatic heterocycles. The Morgan fingerprint density at radius 3 is 2.00 bits per heavy atom. The van der Waals surface area contributed by atoms with Crippen LogP contribution in [0, 0.1) is 0 Å². The summed E-state index contributed by atoms with van der Waals surface area (Å²) in [6.07, 6.45) is 0. The molecule has 1 aromatic rings. The van der Waals surface area contributed by atoms with E-state index < -0.39 is 32.8 Å². The monoisotopic (exact) mass is 186 g/mol. The first-order chi connectivity index (χ1) is 5.57. The lowest BCUT2D eigenvalue weighted by atomic mass is 10.2. The van der Waals surface area contributed by atoms with E-state index in [0.717, 1.165) is 6.07 Å². The van der Waals surface area contributed by atoms with Crippen molar-refractivity contribution in [1.29, 1.82) is 0 Å². The molecule has 0 spiro atoms. The zero-order valence-electron chi connectivity index (χ0n) is 5.81. The fourth-order valence-corrected chi connectivity index (χ4v) is 1.15. The highest BCUT2D eigenvalue weighted by Gasteiger charge is 2.15. The number of phenolic OH excluding ortho intramolecular Hbond substituents is 4. The van der Waals surface area contributed by atoms with Crippen molar-refractivity contribution >= 4 is 14.9 Å². The van der Waals surface area contributed by atoms with Crippen LogP contribution in [0.15, 0.2) is 6.07 Å². The van der Waals surface area contributed by atoms with Gasteiger partial charge < -0.3 is 25.2 Å². The van der Waals surface area contributed by atoms with Crippen molar-refractivity contribution in [2.24, 2.45) is 0 Å². The van der Waals surface area contributed by atoms with Gasteiger partial charge >= 0.3 is 0 Å². The average Bonchev–Trinajstić information content (AvgIpc) is 2.08. The van der Waals surface area contributed by atoms with Crippen molar-refractivity contribution in [2.45, 2.75) is 0 Å². The molecule has 5 nitrogen and oxygen atoms in total. The van der Waals surface area contributed by atoms with Crippen molar-refractivity contribution in [3.63, 3.8) is 0 Å². The van der Waals surface area contributed by atoms with Crippen molar-refractivity contribution in [1.82, 2.24) is 0 Å². The zero-order valence-corrected chi connectivity index (χ0v) is 6.81. The van der Waals surface area contributed by atoms with Gasteiger partial charge in [-0.05, 0) is 6.07 Å². The molecule has 0 amide bonds. The lowest BCUT2D eigenvalue weighted by Crippen LogP contribution is -2.13. The predicted octanol–water partition coefficient (Wildman–Crippen LogP) is -1.25. The first-order valence-corrected chi connectivity index (χ1v) is 3.89. The zero-order chi connectivity index (χ0) is 9.30. The second-order valence-electron chi connectivity index (χ2n) is 2.10. The molecule has 0 heterocycles. The Labute approximate surface area is 70.1 Å². The van der Waals surface area contributed by atoms with Crippen LogP contribution in [0.1, 0.15) is 0 Å².